The first-order chi connectivity index (χ1) is 5.13. The summed E-state index contributed by atoms with van der Waals surface area (Å²) in [6.45, 7) is 0. The van der Waals surface area contributed by atoms with Crippen LogP contribution in [0.4, 0.5) is 5.69 Å². The first-order valence-corrected chi connectivity index (χ1v) is 3.40. The maximum Gasteiger partial charge on any atom is 0.344 e. The van der Waals surface area contributed by atoms with E-state index in [-0.39, 0.29) is 4.47 Å². The van der Waals surface area contributed by atoms with Gasteiger partial charge in [0.1, 0.15) is 4.47 Å². The van der Waals surface area contributed by atoms with Gasteiger partial charge in [0.25, 0.3) is 5.88 Å². The number of rotatable bonds is 1. The summed E-state index contributed by atoms with van der Waals surface area (Å²) in [5.74, 6) is -0.579. The first kappa shape index (κ1) is 7.93. The van der Waals surface area contributed by atoms with Crippen molar-refractivity contribution in [1.82, 2.24) is 4.98 Å². The number of hydrogen-bond acceptors (Lipinski definition) is 4. The molecule has 0 spiro atoms. The van der Waals surface area contributed by atoms with E-state index >= 15 is 0 Å². The Morgan fingerprint density at radius 1 is 1.73 bits per heavy atom. The summed E-state index contributed by atoms with van der Waals surface area (Å²) in [5.41, 5.74) is -0.410. The fraction of sp³-hybridized carbons (Fsp3) is 0. The fourth-order valence-corrected chi connectivity index (χ4v) is 1.03. The highest BCUT2D eigenvalue weighted by Gasteiger charge is 2.18. The van der Waals surface area contributed by atoms with Crippen LogP contribution in [0.2, 0.25) is 0 Å². The highest BCUT2D eigenvalue weighted by molar-refractivity contribution is 9.10. The Balaban J connectivity index is 3.32. The van der Waals surface area contributed by atoms with Gasteiger partial charge in [-0.2, -0.15) is 0 Å². The lowest BCUT2D eigenvalue weighted by Gasteiger charge is -1.94. The molecule has 0 atom stereocenters. The summed E-state index contributed by atoms with van der Waals surface area (Å²) in [7, 11) is 0. The van der Waals surface area contributed by atoms with Crippen LogP contribution >= 0.6 is 15.9 Å². The second-order valence-corrected chi connectivity index (χ2v) is 2.58. The molecule has 0 fully saturated rings. The Bertz CT molecular complexity index is 282. The monoisotopic (exact) mass is 218 g/mol. The van der Waals surface area contributed by atoms with Crippen LogP contribution in [-0.2, 0) is 0 Å². The van der Waals surface area contributed by atoms with Gasteiger partial charge in [0, 0.05) is 6.20 Å². The van der Waals surface area contributed by atoms with Gasteiger partial charge in [-0.05, 0) is 22.0 Å². The normalized spacial score (nSPS) is 9.55. The molecule has 1 N–H and O–H groups in total. The molecule has 58 valence electrons. The van der Waals surface area contributed by atoms with Crippen molar-refractivity contribution in [2.75, 3.05) is 0 Å². The summed E-state index contributed by atoms with van der Waals surface area (Å²) in [4.78, 5) is 12.9. The van der Waals surface area contributed by atoms with Crippen LogP contribution in [-0.4, -0.2) is 15.0 Å². The Kier molecular flexibility index (Phi) is 2.04. The minimum absolute atomic E-state index is 0.218. The Morgan fingerprint density at radius 2 is 2.36 bits per heavy atom. The first-order valence-electron chi connectivity index (χ1n) is 2.61. The van der Waals surface area contributed by atoms with Crippen molar-refractivity contribution >= 4 is 21.6 Å². The van der Waals surface area contributed by atoms with E-state index in [2.05, 4.69) is 20.9 Å². The maximum absolute atomic E-state index is 10.2. The van der Waals surface area contributed by atoms with Crippen molar-refractivity contribution in [3.05, 3.63) is 26.9 Å². The summed E-state index contributed by atoms with van der Waals surface area (Å²) >= 11 is 2.91. The van der Waals surface area contributed by atoms with E-state index in [0.29, 0.717) is 0 Å². The number of halogens is 1. The number of nitro groups is 1. The Morgan fingerprint density at radius 3 is 2.73 bits per heavy atom. The topological polar surface area (TPSA) is 76.3 Å². The van der Waals surface area contributed by atoms with E-state index in [9.17, 15) is 10.1 Å². The van der Waals surface area contributed by atoms with E-state index in [1.807, 2.05) is 0 Å². The molecule has 11 heavy (non-hydrogen) atoms. The predicted molar refractivity (Wildman–Crippen MR) is 40.3 cm³/mol. The molecule has 0 amide bonds. The molecule has 1 aromatic heterocycles. The van der Waals surface area contributed by atoms with Gasteiger partial charge in [-0.1, -0.05) is 0 Å². The molecule has 1 rings (SSSR count). The molecule has 0 aliphatic heterocycles. The summed E-state index contributed by atoms with van der Waals surface area (Å²) in [6, 6.07) is 1.39. The van der Waals surface area contributed by atoms with Gasteiger partial charge in [0.05, 0.1) is 4.92 Å². The number of nitrogens with zero attached hydrogens (tertiary/aromatic N) is 2. The minimum atomic E-state index is -0.702. The lowest BCUT2D eigenvalue weighted by molar-refractivity contribution is -0.387. The molecule has 0 unspecified atom stereocenters. The molecule has 0 bridgehead atoms. The van der Waals surface area contributed by atoms with Crippen molar-refractivity contribution in [2.45, 2.75) is 0 Å². The highest BCUT2D eigenvalue weighted by Crippen LogP contribution is 2.30. The van der Waals surface area contributed by atoms with Crippen LogP contribution in [0.25, 0.3) is 0 Å². The molecule has 1 heterocycles. The molecule has 0 saturated heterocycles. The molecule has 0 saturated carbocycles. The van der Waals surface area contributed by atoms with Gasteiger partial charge in [0.2, 0.25) is 0 Å². The Hall–Kier alpha value is -1.17. The second kappa shape index (κ2) is 2.83. The maximum atomic E-state index is 10.2. The number of pyridine rings is 1. The second-order valence-electron chi connectivity index (χ2n) is 1.72. The van der Waals surface area contributed by atoms with E-state index in [4.69, 9.17) is 5.11 Å². The average molecular weight is 219 g/mol. The quantitative estimate of drug-likeness (QED) is 0.572. The third-order valence-corrected chi connectivity index (χ3v) is 1.68. The lowest BCUT2D eigenvalue weighted by atomic mass is 10.4. The molecule has 0 aromatic carbocycles. The van der Waals surface area contributed by atoms with Crippen LogP contribution < -0.4 is 0 Å². The van der Waals surface area contributed by atoms with E-state index < -0.39 is 16.5 Å². The molecule has 1 aromatic rings. The summed E-state index contributed by atoms with van der Waals surface area (Å²) < 4.78 is 0.218. The van der Waals surface area contributed by atoms with Crippen LogP contribution in [0.15, 0.2) is 16.7 Å². The zero-order chi connectivity index (χ0) is 8.43. The van der Waals surface area contributed by atoms with Crippen molar-refractivity contribution in [2.24, 2.45) is 0 Å². The van der Waals surface area contributed by atoms with Gasteiger partial charge >= 0.3 is 5.69 Å². The third kappa shape index (κ3) is 1.45. The Labute approximate surface area is 70.0 Å². The van der Waals surface area contributed by atoms with Crippen molar-refractivity contribution < 1.29 is 10.0 Å². The minimum Gasteiger partial charge on any atom is -0.488 e. The van der Waals surface area contributed by atoms with Crippen LogP contribution in [0.5, 0.6) is 5.88 Å². The van der Waals surface area contributed by atoms with Gasteiger partial charge in [-0.25, -0.2) is 4.98 Å². The fourth-order valence-electron chi connectivity index (χ4n) is 0.589. The van der Waals surface area contributed by atoms with E-state index in [0.717, 1.165) is 0 Å². The van der Waals surface area contributed by atoms with Gasteiger partial charge in [-0.3, -0.25) is 10.1 Å². The molecular formula is C5H3BrN2O3. The van der Waals surface area contributed by atoms with E-state index in [1.165, 1.54) is 12.3 Å². The van der Waals surface area contributed by atoms with Crippen LogP contribution in [0.1, 0.15) is 0 Å². The van der Waals surface area contributed by atoms with Crippen molar-refractivity contribution in [3.63, 3.8) is 0 Å². The van der Waals surface area contributed by atoms with Gasteiger partial charge in [-0.15, -0.1) is 0 Å². The molecular weight excluding hydrogens is 216 g/mol. The SMILES string of the molecule is O=[N+]([O-])c1c(Br)ccnc1O. The zero-order valence-corrected chi connectivity index (χ0v) is 6.78. The third-order valence-electron chi connectivity index (χ3n) is 1.04. The lowest BCUT2D eigenvalue weighted by Crippen LogP contribution is -1.90. The van der Waals surface area contributed by atoms with E-state index in [1.54, 1.807) is 0 Å². The molecule has 0 aliphatic rings. The van der Waals surface area contributed by atoms with Crippen LogP contribution in [0, 0.1) is 10.1 Å². The predicted octanol–water partition coefficient (Wildman–Crippen LogP) is 1.46. The number of aromatic nitrogens is 1. The van der Waals surface area contributed by atoms with Gasteiger partial charge < -0.3 is 5.11 Å². The van der Waals surface area contributed by atoms with Crippen molar-refractivity contribution in [3.8, 4) is 5.88 Å². The average Bonchev–Trinajstić information content (AvgIpc) is 1.85. The summed E-state index contributed by atoms with van der Waals surface area (Å²) in [6.07, 6.45) is 1.27. The number of aromatic hydroxyl groups is 1. The molecule has 6 heteroatoms. The van der Waals surface area contributed by atoms with Crippen molar-refractivity contribution in [1.29, 1.82) is 0 Å². The number of hydrogen-bond donors (Lipinski definition) is 1. The zero-order valence-electron chi connectivity index (χ0n) is 5.19. The standard InChI is InChI=1S/C5H3BrN2O3/c6-3-1-2-7-5(9)4(3)8(10)11/h1-2H,(H,7,9). The van der Waals surface area contributed by atoms with Crippen LogP contribution in [0.3, 0.4) is 0 Å². The largest absolute Gasteiger partial charge is 0.488 e. The molecule has 0 aliphatic carbocycles. The summed E-state index contributed by atoms with van der Waals surface area (Å²) in [5, 5.41) is 19.1. The molecule has 0 radical (unpaired) electrons. The van der Waals surface area contributed by atoms with Gasteiger partial charge in [0.15, 0.2) is 0 Å². The smallest absolute Gasteiger partial charge is 0.344 e. The molecule has 5 nitrogen and oxygen atoms in total. The highest BCUT2D eigenvalue weighted by atomic mass is 79.9.